The minimum atomic E-state index is -0.677. The number of methoxy groups -OCH3 is 4. The number of carbonyl (C=O) groups is 1. The first kappa shape index (κ1) is 19.7. The Balaban J connectivity index is 1.67. The summed E-state index contributed by atoms with van der Waals surface area (Å²) in [6.45, 7) is 0.0881. The fraction of sp³-hybridized carbons (Fsp3) is 0.350. The van der Waals surface area contributed by atoms with Crippen molar-refractivity contribution in [2.24, 2.45) is 0 Å². The third-order valence-electron chi connectivity index (χ3n) is 4.81. The van der Waals surface area contributed by atoms with Gasteiger partial charge in [0.1, 0.15) is 6.10 Å². The van der Waals surface area contributed by atoms with Crippen LogP contribution in [0.3, 0.4) is 0 Å². The van der Waals surface area contributed by atoms with Gasteiger partial charge in [0, 0.05) is 15.6 Å². The van der Waals surface area contributed by atoms with Gasteiger partial charge in [0.05, 0.1) is 28.4 Å². The molecule has 0 saturated carbocycles. The highest BCUT2D eigenvalue weighted by atomic mass is 79.9. The van der Waals surface area contributed by atoms with Crippen LogP contribution < -0.4 is 28.4 Å². The summed E-state index contributed by atoms with van der Waals surface area (Å²) in [6.07, 6.45) is -1.18. The summed E-state index contributed by atoms with van der Waals surface area (Å²) in [4.78, 5) is 13.1. The van der Waals surface area contributed by atoms with Crippen LogP contribution in [-0.2, 0) is 4.74 Å². The Morgan fingerprint density at radius 2 is 1.66 bits per heavy atom. The smallest absolute Gasteiger partial charge is 0.231 e. The third kappa shape index (κ3) is 3.24. The molecule has 0 aromatic heterocycles. The Bertz CT molecular complexity index is 974. The summed E-state index contributed by atoms with van der Waals surface area (Å²) in [5.74, 6) is 2.63. The summed E-state index contributed by atoms with van der Waals surface area (Å²) in [7, 11) is 6.08. The van der Waals surface area contributed by atoms with Crippen LogP contribution in [0.2, 0.25) is 0 Å². The fourth-order valence-electron chi connectivity index (χ4n) is 3.37. The molecule has 1 fully saturated rings. The topological polar surface area (TPSA) is 85.0 Å². The molecule has 0 N–H and O–H groups in total. The van der Waals surface area contributed by atoms with Crippen molar-refractivity contribution in [1.82, 2.24) is 0 Å². The number of rotatable bonds is 7. The van der Waals surface area contributed by atoms with Gasteiger partial charge in [-0.05, 0) is 34.1 Å². The molecule has 2 aliphatic rings. The monoisotopic (exact) mass is 466 g/mol. The molecule has 2 aliphatic heterocycles. The quantitative estimate of drug-likeness (QED) is 0.452. The van der Waals surface area contributed by atoms with Crippen LogP contribution in [0.4, 0.5) is 0 Å². The van der Waals surface area contributed by atoms with Crippen molar-refractivity contribution in [2.75, 3.05) is 35.2 Å². The van der Waals surface area contributed by atoms with Gasteiger partial charge in [0.25, 0.3) is 0 Å². The van der Waals surface area contributed by atoms with Crippen molar-refractivity contribution in [3.05, 3.63) is 33.8 Å². The molecule has 0 radical (unpaired) electrons. The molecule has 0 aliphatic carbocycles. The van der Waals surface area contributed by atoms with Gasteiger partial charge in [-0.15, -0.1) is 0 Å². The molecule has 0 bridgehead atoms. The maximum atomic E-state index is 13.1. The van der Waals surface area contributed by atoms with E-state index in [1.807, 2.05) is 0 Å². The first-order valence-electron chi connectivity index (χ1n) is 8.69. The molecular formula is C20H19BrO8. The fourth-order valence-corrected chi connectivity index (χ4v) is 3.88. The number of fused-ring (bicyclic) bond motifs is 1. The van der Waals surface area contributed by atoms with E-state index in [0.717, 1.165) is 0 Å². The van der Waals surface area contributed by atoms with Crippen LogP contribution in [-0.4, -0.2) is 47.1 Å². The predicted octanol–water partition coefficient (Wildman–Crippen LogP) is 3.54. The van der Waals surface area contributed by atoms with Crippen LogP contribution in [0.1, 0.15) is 22.0 Å². The number of Topliss-reactive ketones (excluding diaryl/α,β-unsaturated/α-hetero) is 1. The van der Waals surface area contributed by atoms with Crippen LogP contribution >= 0.6 is 15.9 Å². The SMILES string of the molecule is COc1cc(Br)c(C(=O)[C@H]2O[C@@H]2c2cc3c(c(OC)c2OC)OCO3)cc1OC. The zero-order chi connectivity index (χ0) is 20.7. The molecule has 2 heterocycles. The van der Waals surface area contributed by atoms with Crippen molar-refractivity contribution < 1.29 is 38.0 Å². The predicted molar refractivity (Wildman–Crippen MR) is 105 cm³/mol. The van der Waals surface area contributed by atoms with E-state index < -0.39 is 12.2 Å². The molecule has 154 valence electrons. The van der Waals surface area contributed by atoms with E-state index in [4.69, 9.17) is 33.2 Å². The molecule has 1 saturated heterocycles. The number of epoxide rings is 1. The van der Waals surface area contributed by atoms with Crippen LogP contribution in [0.25, 0.3) is 0 Å². The van der Waals surface area contributed by atoms with Gasteiger partial charge in [-0.1, -0.05) is 0 Å². The van der Waals surface area contributed by atoms with E-state index >= 15 is 0 Å². The second-order valence-corrected chi connectivity index (χ2v) is 7.15. The van der Waals surface area contributed by atoms with Gasteiger partial charge in [-0.25, -0.2) is 0 Å². The Kier molecular flexibility index (Phi) is 5.18. The zero-order valence-electron chi connectivity index (χ0n) is 16.2. The lowest BCUT2D eigenvalue weighted by molar-refractivity contribution is 0.0952. The number of hydrogen-bond acceptors (Lipinski definition) is 8. The van der Waals surface area contributed by atoms with E-state index in [1.165, 1.54) is 28.4 Å². The van der Waals surface area contributed by atoms with Gasteiger partial charge in [0.2, 0.25) is 18.3 Å². The van der Waals surface area contributed by atoms with E-state index in [2.05, 4.69) is 15.9 Å². The van der Waals surface area contributed by atoms with E-state index in [-0.39, 0.29) is 12.6 Å². The molecule has 4 rings (SSSR count). The maximum absolute atomic E-state index is 13.1. The second-order valence-electron chi connectivity index (χ2n) is 6.29. The Hall–Kier alpha value is -2.65. The molecule has 0 spiro atoms. The molecular weight excluding hydrogens is 448 g/mol. The van der Waals surface area contributed by atoms with Gasteiger partial charge in [-0.3, -0.25) is 4.79 Å². The van der Waals surface area contributed by atoms with Crippen molar-refractivity contribution >= 4 is 21.7 Å². The largest absolute Gasteiger partial charge is 0.493 e. The maximum Gasteiger partial charge on any atom is 0.231 e. The van der Waals surface area contributed by atoms with Gasteiger partial charge in [-0.2, -0.15) is 0 Å². The molecule has 0 unspecified atom stereocenters. The highest BCUT2D eigenvalue weighted by molar-refractivity contribution is 9.10. The van der Waals surface area contributed by atoms with Crippen molar-refractivity contribution in [3.8, 4) is 34.5 Å². The van der Waals surface area contributed by atoms with E-state index in [0.29, 0.717) is 50.1 Å². The van der Waals surface area contributed by atoms with Crippen LogP contribution in [0.5, 0.6) is 34.5 Å². The van der Waals surface area contributed by atoms with Crippen molar-refractivity contribution in [2.45, 2.75) is 12.2 Å². The Morgan fingerprint density at radius 3 is 2.31 bits per heavy atom. The normalized spacial score (nSPS) is 18.9. The number of hydrogen-bond donors (Lipinski definition) is 0. The molecule has 2 aromatic rings. The Labute approximate surface area is 175 Å². The molecule has 8 nitrogen and oxygen atoms in total. The third-order valence-corrected chi connectivity index (χ3v) is 5.46. The first-order valence-corrected chi connectivity index (χ1v) is 9.49. The summed E-state index contributed by atoms with van der Waals surface area (Å²) in [5.41, 5.74) is 1.09. The average molecular weight is 467 g/mol. The molecule has 29 heavy (non-hydrogen) atoms. The number of ether oxygens (including phenoxy) is 7. The minimum Gasteiger partial charge on any atom is -0.493 e. The van der Waals surface area contributed by atoms with Crippen molar-refractivity contribution in [1.29, 1.82) is 0 Å². The summed E-state index contributed by atoms with van der Waals surface area (Å²) in [6, 6.07) is 5.07. The number of ketones is 1. The van der Waals surface area contributed by atoms with Crippen LogP contribution in [0, 0.1) is 0 Å². The lowest BCUT2D eigenvalue weighted by Crippen LogP contribution is -2.10. The average Bonchev–Trinajstić information content (AvgIpc) is 3.40. The minimum absolute atomic E-state index is 0.0881. The van der Waals surface area contributed by atoms with Gasteiger partial charge >= 0.3 is 0 Å². The van der Waals surface area contributed by atoms with Gasteiger partial charge in [0.15, 0.2) is 34.9 Å². The summed E-state index contributed by atoms with van der Waals surface area (Å²) in [5, 5.41) is 0. The second kappa shape index (κ2) is 7.64. The lowest BCUT2D eigenvalue weighted by Gasteiger charge is -2.14. The van der Waals surface area contributed by atoms with Crippen molar-refractivity contribution in [3.63, 3.8) is 0 Å². The molecule has 2 aromatic carbocycles. The Morgan fingerprint density at radius 1 is 0.966 bits per heavy atom. The summed E-state index contributed by atoms with van der Waals surface area (Å²) >= 11 is 3.42. The van der Waals surface area contributed by atoms with Gasteiger partial charge < -0.3 is 33.2 Å². The zero-order valence-corrected chi connectivity index (χ0v) is 17.8. The number of halogens is 1. The molecule has 9 heteroatoms. The summed E-state index contributed by atoms with van der Waals surface area (Å²) < 4.78 is 38.8. The first-order chi connectivity index (χ1) is 14.0. The molecule has 0 amide bonds. The number of carbonyl (C=O) groups excluding carboxylic acids is 1. The standard InChI is InChI=1S/C20H19BrO8/c1-23-12-5-9(11(21)7-13(12)24-2)15(22)19-17(29-19)10-6-14-18(28-8-27-14)20(26-4)16(10)25-3/h5-7,17,19H,8H2,1-4H3/t17-,19-/m1/s1. The highest BCUT2D eigenvalue weighted by Crippen LogP contribution is 2.55. The highest BCUT2D eigenvalue weighted by Gasteiger charge is 2.49. The number of benzene rings is 2. The van der Waals surface area contributed by atoms with E-state index in [1.54, 1.807) is 18.2 Å². The van der Waals surface area contributed by atoms with E-state index in [9.17, 15) is 4.79 Å². The molecule has 2 atom stereocenters. The van der Waals surface area contributed by atoms with Crippen LogP contribution in [0.15, 0.2) is 22.7 Å². The lowest BCUT2D eigenvalue weighted by atomic mass is 10.0.